The molecule has 0 aliphatic carbocycles. The van der Waals surface area contributed by atoms with E-state index in [0.29, 0.717) is 11.1 Å². The van der Waals surface area contributed by atoms with Gasteiger partial charge in [0.15, 0.2) is 0 Å². The molecule has 0 amide bonds. The van der Waals surface area contributed by atoms with Crippen molar-refractivity contribution < 1.29 is 4.39 Å². The van der Waals surface area contributed by atoms with Gasteiger partial charge in [-0.25, -0.2) is 4.39 Å². The van der Waals surface area contributed by atoms with Crippen LogP contribution in [0.5, 0.6) is 0 Å². The van der Waals surface area contributed by atoms with Crippen molar-refractivity contribution in [2.75, 3.05) is 22.8 Å². The van der Waals surface area contributed by atoms with Gasteiger partial charge in [0, 0.05) is 29.7 Å². The number of anilines is 2. The highest BCUT2D eigenvalue weighted by atomic mass is 32.2. The maximum atomic E-state index is 13.8. The van der Waals surface area contributed by atoms with Crippen LogP contribution in [-0.2, 0) is 0 Å². The molecular weight excluding hydrogens is 309 g/mol. The largest absolute Gasteiger partial charge is 0.385 e. The van der Waals surface area contributed by atoms with Crippen LogP contribution in [0.25, 0.3) is 5.57 Å². The molecule has 23 heavy (non-hydrogen) atoms. The van der Waals surface area contributed by atoms with Gasteiger partial charge in [0.2, 0.25) is 0 Å². The summed E-state index contributed by atoms with van der Waals surface area (Å²) in [5.41, 5.74) is 4.22. The molecule has 0 heterocycles. The summed E-state index contributed by atoms with van der Waals surface area (Å²) in [6, 6.07) is 12.3. The van der Waals surface area contributed by atoms with Crippen molar-refractivity contribution in [3.8, 4) is 6.07 Å². The smallest absolute Gasteiger partial charge is 0.141 e. The minimum Gasteiger partial charge on any atom is -0.385 e. The van der Waals surface area contributed by atoms with E-state index in [2.05, 4.69) is 16.6 Å². The van der Waals surface area contributed by atoms with Gasteiger partial charge in [-0.1, -0.05) is 30.7 Å². The van der Waals surface area contributed by atoms with E-state index in [4.69, 9.17) is 5.26 Å². The first-order chi connectivity index (χ1) is 11.1. The van der Waals surface area contributed by atoms with Gasteiger partial charge in [-0.15, -0.1) is 0 Å². The van der Waals surface area contributed by atoms with Crippen LogP contribution < -0.4 is 10.0 Å². The molecule has 2 aromatic rings. The molecule has 3 nitrogen and oxygen atoms in total. The monoisotopic (exact) mass is 327 g/mol. The summed E-state index contributed by atoms with van der Waals surface area (Å²) in [5.74, 6) is -0.531. The van der Waals surface area contributed by atoms with Crippen LogP contribution in [0.2, 0.25) is 0 Å². The number of hydrogen-bond donors (Lipinski definition) is 2. The van der Waals surface area contributed by atoms with E-state index in [1.807, 2.05) is 37.4 Å². The van der Waals surface area contributed by atoms with Gasteiger partial charge in [-0.3, -0.25) is 0 Å². The summed E-state index contributed by atoms with van der Waals surface area (Å²) in [7, 11) is 0. The second-order valence-electron chi connectivity index (χ2n) is 4.88. The van der Waals surface area contributed by atoms with E-state index in [1.165, 1.54) is 24.1 Å². The highest BCUT2D eigenvalue weighted by molar-refractivity contribution is 7.99. The lowest BCUT2D eigenvalue weighted by Gasteiger charge is -2.15. The third kappa shape index (κ3) is 3.85. The third-order valence-electron chi connectivity index (χ3n) is 3.37. The summed E-state index contributed by atoms with van der Waals surface area (Å²) in [6.45, 7) is 6.88. The molecular formula is C18H18FN3S. The van der Waals surface area contributed by atoms with Crippen LogP contribution in [0.15, 0.2) is 43.0 Å². The Morgan fingerprint density at radius 1 is 1.30 bits per heavy atom. The Hall–Kier alpha value is -2.45. The van der Waals surface area contributed by atoms with Crippen molar-refractivity contribution in [1.29, 1.82) is 5.26 Å². The topological polar surface area (TPSA) is 47.9 Å². The van der Waals surface area contributed by atoms with Gasteiger partial charge in [-0.2, -0.15) is 5.26 Å². The van der Waals surface area contributed by atoms with Gasteiger partial charge >= 0.3 is 0 Å². The zero-order valence-electron chi connectivity index (χ0n) is 13.1. The van der Waals surface area contributed by atoms with Gasteiger partial charge in [-0.05, 0) is 42.3 Å². The van der Waals surface area contributed by atoms with Crippen LogP contribution in [0.4, 0.5) is 15.8 Å². The molecule has 0 bridgehead atoms. The molecule has 0 radical (unpaired) electrons. The fourth-order valence-electron chi connectivity index (χ4n) is 2.27. The second kappa shape index (κ2) is 7.70. The van der Waals surface area contributed by atoms with E-state index in [9.17, 15) is 4.39 Å². The fourth-order valence-corrected chi connectivity index (χ4v) is 2.64. The molecule has 0 aromatic heterocycles. The van der Waals surface area contributed by atoms with Crippen LogP contribution in [0.1, 0.15) is 23.6 Å². The van der Waals surface area contributed by atoms with E-state index in [0.717, 1.165) is 23.5 Å². The molecule has 0 saturated carbocycles. The molecule has 0 spiro atoms. The van der Waals surface area contributed by atoms with Crippen molar-refractivity contribution in [3.05, 3.63) is 65.5 Å². The number of nitrogens with zero attached hydrogens (tertiary/aromatic N) is 1. The molecule has 2 aromatic carbocycles. The molecule has 118 valence electrons. The van der Waals surface area contributed by atoms with Crippen molar-refractivity contribution in [2.24, 2.45) is 0 Å². The Labute approximate surface area is 140 Å². The average molecular weight is 327 g/mol. The predicted molar refractivity (Wildman–Crippen MR) is 97.0 cm³/mol. The number of benzene rings is 2. The van der Waals surface area contributed by atoms with E-state index in [-0.39, 0.29) is 5.56 Å². The minimum absolute atomic E-state index is 0.0352. The Balaban J connectivity index is 2.42. The van der Waals surface area contributed by atoms with Crippen molar-refractivity contribution in [3.63, 3.8) is 0 Å². The summed E-state index contributed by atoms with van der Waals surface area (Å²) in [6.07, 6.45) is 1.96. The fraction of sp³-hybridized carbons (Fsp3) is 0.167. The maximum absolute atomic E-state index is 13.8. The number of nitriles is 1. The van der Waals surface area contributed by atoms with Crippen LogP contribution in [-0.4, -0.2) is 12.8 Å². The van der Waals surface area contributed by atoms with Gasteiger partial charge in [0.1, 0.15) is 11.9 Å². The Morgan fingerprint density at radius 3 is 2.70 bits per heavy atom. The molecule has 0 aliphatic heterocycles. The summed E-state index contributed by atoms with van der Waals surface area (Å²) >= 11 is 1.52. The van der Waals surface area contributed by atoms with E-state index < -0.39 is 5.82 Å². The number of rotatable bonds is 6. The Kier molecular flexibility index (Phi) is 5.67. The lowest BCUT2D eigenvalue weighted by Crippen LogP contribution is -2.02. The molecule has 0 atom stereocenters. The lowest BCUT2D eigenvalue weighted by molar-refractivity contribution is 0.623. The summed E-state index contributed by atoms with van der Waals surface area (Å²) in [5, 5.41) is 12.1. The summed E-state index contributed by atoms with van der Waals surface area (Å²) < 4.78 is 17.0. The van der Waals surface area contributed by atoms with Gasteiger partial charge < -0.3 is 10.0 Å². The average Bonchev–Trinajstić information content (AvgIpc) is 2.55. The lowest BCUT2D eigenvalue weighted by atomic mass is 9.96. The second-order valence-corrected chi connectivity index (χ2v) is 5.49. The first kappa shape index (κ1) is 16.9. The molecule has 0 unspecified atom stereocenters. The Bertz CT molecular complexity index is 765. The van der Waals surface area contributed by atoms with Crippen LogP contribution >= 0.6 is 11.9 Å². The normalized spacial score (nSPS) is 10.0. The molecule has 2 rings (SSSR count). The van der Waals surface area contributed by atoms with Gasteiger partial charge in [0.25, 0.3) is 0 Å². The molecule has 0 fully saturated rings. The third-order valence-corrected chi connectivity index (χ3v) is 3.81. The summed E-state index contributed by atoms with van der Waals surface area (Å²) in [4.78, 5) is 0. The molecule has 2 N–H and O–H groups in total. The van der Waals surface area contributed by atoms with Gasteiger partial charge in [0.05, 0.1) is 5.56 Å². The first-order valence-corrected chi connectivity index (χ1v) is 8.39. The number of nitrogens with one attached hydrogen (secondary N) is 2. The SMILES string of the molecule is C=C(c1ccc(C#N)c(F)c1)c1ccc(NSC)cc1NCC. The predicted octanol–water partition coefficient (Wildman–Crippen LogP) is 4.88. The standard InChI is InChI=1S/C18H18FN3S/c1-4-21-18-10-15(22-23-3)7-8-16(18)12(2)13-5-6-14(11-20)17(19)9-13/h5-10,21-22H,2,4H2,1,3H3. The Morgan fingerprint density at radius 2 is 2.09 bits per heavy atom. The van der Waals surface area contributed by atoms with E-state index >= 15 is 0 Å². The molecule has 5 heteroatoms. The minimum atomic E-state index is -0.531. The molecule has 0 aliphatic rings. The zero-order chi connectivity index (χ0) is 16.8. The highest BCUT2D eigenvalue weighted by Crippen LogP contribution is 2.31. The van der Waals surface area contributed by atoms with Crippen molar-refractivity contribution in [1.82, 2.24) is 0 Å². The van der Waals surface area contributed by atoms with E-state index in [1.54, 1.807) is 6.07 Å². The number of halogens is 1. The van der Waals surface area contributed by atoms with Crippen LogP contribution in [0.3, 0.4) is 0 Å². The van der Waals surface area contributed by atoms with Crippen molar-refractivity contribution in [2.45, 2.75) is 6.92 Å². The van der Waals surface area contributed by atoms with Crippen LogP contribution in [0, 0.1) is 17.1 Å². The zero-order valence-corrected chi connectivity index (χ0v) is 13.9. The quantitative estimate of drug-likeness (QED) is 0.742. The van der Waals surface area contributed by atoms with Crippen molar-refractivity contribution >= 4 is 28.9 Å². The highest BCUT2D eigenvalue weighted by Gasteiger charge is 2.11. The maximum Gasteiger partial charge on any atom is 0.141 e. The number of hydrogen-bond acceptors (Lipinski definition) is 4. The first-order valence-electron chi connectivity index (χ1n) is 7.17. The molecule has 0 saturated heterocycles.